The molecule has 0 saturated carbocycles. The number of carbonyl (C=O) groups excluding carboxylic acids is 1. The molecular formula is C13H19N3O7S. The van der Waals surface area contributed by atoms with Gasteiger partial charge in [-0.3, -0.25) is 9.59 Å². The first-order chi connectivity index (χ1) is 11.3. The number of ketones is 1. The molecule has 0 aliphatic carbocycles. The van der Waals surface area contributed by atoms with Crippen molar-refractivity contribution in [3.63, 3.8) is 0 Å². The molecule has 10 nitrogen and oxygen atoms in total. The lowest BCUT2D eigenvalue weighted by Gasteiger charge is -2.40. The number of aliphatic hydroxyl groups is 3. The number of methoxy groups -OCH3 is 1. The van der Waals surface area contributed by atoms with Crippen molar-refractivity contribution in [3.8, 4) is 0 Å². The standard InChI is InChI=1S/C13H19N3O7S/c1-4(17)5-9(15-13(24-3)16-10(5)21)14-11-7(19)6(18)8(20)12(22-2)23-11/h6-8,11-12,18-20H,1-3H3,(H2,14,15,16,21)/t6-,7-,8-,11-,12+/m0/s1. The zero-order chi connectivity index (χ0) is 18.0. The maximum Gasteiger partial charge on any atom is 0.264 e. The molecule has 134 valence electrons. The van der Waals surface area contributed by atoms with Gasteiger partial charge in [-0.25, -0.2) is 4.98 Å². The first-order valence-corrected chi connectivity index (χ1v) is 8.20. The fourth-order valence-corrected chi connectivity index (χ4v) is 2.65. The van der Waals surface area contributed by atoms with Crippen LogP contribution < -0.4 is 10.9 Å². The largest absolute Gasteiger partial charge is 0.387 e. The van der Waals surface area contributed by atoms with Gasteiger partial charge in [-0.05, 0) is 13.2 Å². The Morgan fingerprint density at radius 3 is 2.54 bits per heavy atom. The Morgan fingerprint density at radius 2 is 2.00 bits per heavy atom. The Morgan fingerprint density at radius 1 is 1.33 bits per heavy atom. The minimum atomic E-state index is -1.55. The van der Waals surface area contributed by atoms with Gasteiger partial charge in [0.1, 0.15) is 29.7 Å². The van der Waals surface area contributed by atoms with E-state index in [-0.39, 0.29) is 16.5 Å². The summed E-state index contributed by atoms with van der Waals surface area (Å²) < 4.78 is 10.2. The van der Waals surface area contributed by atoms with Crippen molar-refractivity contribution in [2.24, 2.45) is 0 Å². The number of rotatable bonds is 5. The van der Waals surface area contributed by atoms with Gasteiger partial charge >= 0.3 is 0 Å². The van der Waals surface area contributed by atoms with Crippen molar-refractivity contribution in [3.05, 3.63) is 15.9 Å². The number of hydrogen-bond acceptors (Lipinski definition) is 10. The number of H-pyrrole nitrogens is 1. The van der Waals surface area contributed by atoms with E-state index >= 15 is 0 Å². The van der Waals surface area contributed by atoms with Crippen LogP contribution in [0.25, 0.3) is 0 Å². The monoisotopic (exact) mass is 361 g/mol. The normalized spacial score (nSPS) is 30.2. The van der Waals surface area contributed by atoms with Crippen LogP contribution in [0, 0.1) is 0 Å². The predicted molar refractivity (Wildman–Crippen MR) is 84.0 cm³/mol. The molecule has 0 bridgehead atoms. The average molecular weight is 361 g/mol. The summed E-state index contributed by atoms with van der Waals surface area (Å²) in [5, 5.41) is 32.5. The number of nitrogens with one attached hydrogen (secondary N) is 2. The van der Waals surface area contributed by atoms with E-state index in [1.165, 1.54) is 14.0 Å². The van der Waals surface area contributed by atoms with Gasteiger partial charge in [0.15, 0.2) is 23.5 Å². The number of aliphatic hydroxyl groups excluding tert-OH is 3. The van der Waals surface area contributed by atoms with Crippen LogP contribution >= 0.6 is 11.8 Å². The fourth-order valence-electron chi connectivity index (χ4n) is 2.28. The molecular weight excluding hydrogens is 342 g/mol. The maximum absolute atomic E-state index is 12.0. The third-order valence-electron chi connectivity index (χ3n) is 3.52. The van der Waals surface area contributed by atoms with E-state index < -0.39 is 42.2 Å². The Bertz CT molecular complexity index is 665. The molecule has 1 aromatic heterocycles. The lowest BCUT2D eigenvalue weighted by atomic mass is 10.0. The molecule has 1 fully saturated rings. The minimum absolute atomic E-state index is 0.0990. The van der Waals surface area contributed by atoms with Crippen molar-refractivity contribution in [1.82, 2.24) is 9.97 Å². The Kier molecular flexibility index (Phi) is 5.96. The quantitative estimate of drug-likeness (QED) is 0.238. The van der Waals surface area contributed by atoms with Crippen LogP contribution in [0.1, 0.15) is 17.3 Å². The van der Waals surface area contributed by atoms with Gasteiger partial charge in [-0.15, -0.1) is 0 Å². The summed E-state index contributed by atoms with van der Waals surface area (Å²) in [6.45, 7) is 1.20. The van der Waals surface area contributed by atoms with Gasteiger partial charge in [-0.1, -0.05) is 11.8 Å². The van der Waals surface area contributed by atoms with Gasteiger partial charge in [0.25, 0.3) is 5.56 Å². The molecule has 24 heavy (non-hydrogen) atoms. The van der Waals surface area contributed by atoms with E-state index in [1.54, 1.807) is 6.26 Å². The van der Waals surface area contributed by atoms with Crippen molar-refractivity contribution in [2.45, 2.75) is 42.9 Å². The first kappa shape index (κ1) is 18.8. The van der Waals surface area contributed by atoms with E-state index in [1.807, 2.05) is 0 Å². The third-order valence-corrected chi connectivity index (χ3v) is 4.10. The average Bonchev–Trinajstić information content (AvgIpc) is 2.54. The zero-order valence-electron chi connectivity index (χ0n) is 13.2. The topological polar surface area (TPSA) is 154 Å². The van der Waals surface area contributed by atoms with Crippen LogP contribution in [-0.4, -0.2) is 75.3 Å². The molecule has 0 radical (unpaired) electrons. The molecule has 5 N–H and O–H groups in total. The van der Waals surface area contributed by atoms with Crippen LogP contribution in [0.2, 0.25) is 0 Å². The molecule has 1 aliphatic heterocycles. The molecule has 1 saturated heterocycles. The van der Waals surface area contributed by atoms with Crippen LogP contribution in [0.3, 0.4) is 0 Å². The summed E-state index contributed by atoms with van der Waals surface area (Å²) in [5.74, 6) is -0.633. The summed E-state index contributed by atoms with van der Waals surface area (Å²) in [6.07, 6.45) is -5.32. The van der Waals surface area contributed by atoms with Gasteiger partial charge in [0, 0.05) is 7.11 Å². The van der Waals surface area contributed by atoms with Gasteiger partial charge in [0.05, 0.1) is 0 Å². The predicted octanol–water partition coefficient (Wildman–Crippen LogP) is -1.48. The number of anilines is 1. The number of hydrogen-bond donors (Lipinski definition) is 5. The van der Waals surface area contributed by atoms with Gasteiger partial charge in [-0.2, -0.15) is 0 Å². The van der Waals surface area contributed by atoms with E-state index in [4.69, 9.17) is 9.47 Å². The van der Waals surface area contributed by atoms with Gasteiger partial charge < -0.3 is 35.1 Å². The molecule has 2 heterocycles. The van der Waals surface area contributed by atoms with Gasteiger partial charge in [0.2, 0.25) is 0 Å². The number of Topliss-reactive ketones (excluding diaryl/α,β-unsaturated/α-hetero) is 1. The van der Waals surface area contributed by atoms with E-state index in [0.29, 0.717) is 0 Å². The summed E-state index contributed by atoms with van der Waals surface area (Å²) in [5.41, 5.74) is -0.878. The van der Waals surface area contributed by atoms with Crippen molar-refractivity contribution in [1.29, 1.82) is 0 Å². The van der Waals surface area contributed by atoms with E-state index in [2.05, 4.69) is 15.3 Å². The Labute approximate surface area is 141 Å². The fraction of sp³-hybridized carbons (Fsp3) is 0.615. The highest BCUT2D eigenvalue weighted by atomic mass is 32.2. The Balaban J connectivity index is 2.37. The number of thioether (sulfide) groups is 1. The van der Waals surface area contributed by atoms with Crippen molar-refractivity contribution >= 4 is 23.4 Å². The second-order valence-corrected chi connectivity index (χ2v) is 5.93. The summed E-state index contributed by atoms with van der Waals surface area (Å²) in [6, 6.07) is 0. The smallest absolute Gasteiger partial charge is 0.264 e. The third kappa shape index (κ3) is 3.61. The molecule has 11 heteroatoms. The number of nitrogens with zero attached hydrogens (tertiary/aromatic N) is 1. The second kappa shape index (κ2) is 7.59. The molecule has 1 aromatic rings. The molecule has 1 aliphatic rings. The summed E-state index contributed by atoms with van der Waals surface area (Å²) in [7, 11) is 1.26. The number of aromatic amines is 1. The summed E-state index contributed by atoms with van der Waals surface area (Å²) >= 11 is 1.15. The summed E-state index contributed by atoms with van der Waals surface area (Å²) in [4.78, 5) is 30.3. The SMILES string of the molecule is CO[C@@H]1O[C@H](Nc2nc(SC)[nH]c(=O)c2C(C)=O)[C@@H](O)[C@H](O)[C@@H]1O. The maximum atomic E-state index is 12.0. The van der Waals surface area contributed by atoms with E-state index in [9.17, 15) is 24.9 Å². The lowest BCUT2D eigenvalue weighted by molar-refractivity contribution is -0.283. The highest BCUT2D eigenvalue weighted by molar-refractivity contribution is 7.98. The van der Waals surface area contributed by atoms with Crippen LogP contribution in [0.4, 0.5) is 5.82 Å². The minimum Gasteiger partial charge on any atom is -0.387 e. The number of ether oxygens (including phenoxy) is 2. The van der Waals surface area contributed by atoms with Crippen LogP contribution in [-0.2, 0) is 9.47 Å². The molecule has 0 amide bonds. The molecule has 2 rings (SSSR count). The number of aromatic nitrogens is 2. The lowest BCUT2D eigenvalue weighted by Crippen LogP contribution is -2.60. The second-order valence-electron chi connectivity index (χ2n) is 5.13. The van der Waals surface area contributed by atoms with Crippen molar-refractivity contribution < 1.29 is 29.6 Å². The number of carbonyl (C=O) groups is 1. The van der Waals surface area contributed by atoms with E-state index in [0.717, 1.165) is 11.8 Å². The molecule has 0 spiro atoms. The highest BCUT2D eigenvalue weighted by Gasteiger charge is 2.44. The highest BCUT2D eigenvalue weighted by Crippen LogP contribution is 2.24. The molecule has 5 atom stereocenters. The van der Waals surface area contributed by atoms with Crippen LogP contribution in [0.5, 0.6) is 0 Å². The molecule has 0 aromatic carbocycles. The van der Waals surface area contributed by atoms with Crippen molar-refractivity contribution in [2.75, 3.05) is 18.7 Å². The Hall–Kier alpha value is -1.50. The molecule has 0 unspecified atom stereocenters. The van der Waals surface area contributed by atoms with Crippen LogP contribution in [0.15, 0.2) is 9.95 Å². The zero-order valence-corrected chi connectivity index (χ0v) is 14.0. The first-order valence-electron chi connectivity index (χ1n) is 6.98.